The number of nitrogens with zero attached hydrogens (tertiary/aromatic N) is 2. The molecular formula is C23H34N2O4. The third-order valence-electron chi connectivity index (χ3n) is 6.86. The van der Waals surface area contributed by atoms with Crippen molar-refractivity contribution in [1.29, 1.82) is 0 Å². The standard InChI is InChI=1S/C23H34N2O4/c1-3-25(19-4-8-28-9-5-19)22-14-17(12-20(16(22)2)23(26)27)21-13-18(21)15-24-6-10-29-11-7-24/h12,14,18-19,21H,3-11,13,15H2,1-2H3,(H,26,27). The fourth-order valence-electron chi connectivity index (χ4n) is 5.05. The number of benzene rings is 1. The van der Waals surface area contributed by atoms with Gasteiger partial charge in [0.25, 0.3) is 0 Å². The molecule has 6 nitrogen and oxygen atoms in total. The Balaban J connectivity index is 1.57. The van der Waals surface area contributed by atoms with E-state index in [1.54, 1.807) is 0 Å². The van der Waals surface area contributed by atoms with E-state index < -0.39 is 5.97 Å². The van der Waals surface area contributed by atoms with Gasteiger partial charge in [-0.15, -0.1) is 0 Å². The first-order chi connectivity index (χ1) is 14.1. The minimum Gasteiger partial charge on any atom is -0.478 e. The van der Waals surface area contributed by atoms with Crippen LogP contribution in [0.4, 0.5) is 5.69 Å². The van der Waals surface area contributed by atoms with Crippen LogP contribution in [-0.4, -0.2) is 74.6 Å². The number of hydrogen-bond acceptors (Lipinski definition) is 5. The van der Waals surface area contributed by atoms with Crippen LogP contribution in [0.1, 0.15) is 53.6 Å². The molecule has 1 N–H and O–H groups in total. The van der Waals surface area contributed by atoms with Crippen molar-refractivity contribution in [3.63, 3.8) is 0 Å². The zero-order valence-corrected chi connectivity index (χ0v) is 17.7. The molecule has 3 fully saturated rings. The molecule has 0 radical (unpaired) electrons. The summed E-state index contributed by atoms with van der Waals surface area (Å²) >= 11 is 0. The van der Waals surface area contributed by atoms with E-state index in [9.17, 15) is 9.90 Å². The molecule has 2 saturated heterocycles. The molecular weight excluding hydrogens is 368 g/mol. The minimum atomic E-state index is -0.820. The summed E-state index contributed by atoms with van der Waals surface area (Å²) in [5, 5.41) is 9.85. The van der Waals surface area contributed by atoms with Gasteiger partial charge in [-0.2, -0.15) is 0 Å². The second-order valence-electron chi connectivity index (χ2n) is 8.66. The number of rotatable bonds is 7. The molecule has 0 bridgehead atoms. The Labute approximate surface area is 173 Å². The average molecular weight is 403 g/mol. The number of aromatic carboxylic acids is 1. The van der Waals surface area contributed by atoms with Crippen molar-refractivity contribution in [3.8, 4) is 0 Å². The topological polar surface area (TPSA) is 62.2 Å². The fourth-order valence-corrected chi connectivity index (χ4v) is 5.05. The highest BCUT2D eigenvalue weighted by Gasteiger charge is 2.40. The van der Waals surface area contributed by atoms with Crippen molar-refractivity contribution in [2.75, 3.05) is 57.5 Å². The molecule has 0 aromatic heterocycles. The number of carbonyl (C=O) groups is 1. The lowest BCUT2D eigenvalue weighted by Gasteiger charge is -2.37. The predicted octanol–water partition coefficient (Wildman–Crippen LogP) is 3.13. The predicted molar refractivity (Wildman–Crippen MR) is 113 cm³/mol. The normalized spacial score (nSPS) is 25.7. The molecule has 3 aliphatic rings. The molecule has 160 valence electrons. The Morgan fingerprint density at radius 2 is 1.86 bits per heavy atom. The van der Waals surface area contributed by atoms with Crippen LogP contribution in [0.2, 0.25) is 0 Å². The SMILES string of the molecule is CCN(c1cc(C2CC2CN2CCOCC2)cc(C(=O)O)c1C)C1CCOCC1. The zero-order chi connectivity index (χ0) is 20.4. The molecule has 2 unspecified atom stereocenters. The van der Waals surface area contributed by atoms with E-state index in [0.717, 1.165) is 83.1 Å². The monoisotopic (exact) mass is 402 g/mol. The lowest BCUT2D eigenvalue weighted by Crippen LogP contribution is -2.40. The Hall–Kier alpha value is -1.63. The van der Waals surface area contributed by atoms with Gasteiger partial charge in [0.1, 0.15) is 0 Å². The van der Waals surface area contributed by atoms with E-state index in [1.165, 1.54) is 5.56 Å². The number of anilines is 1. The first-order valence-corrected chi connectivity index (χ1v) is 11.1. The second-order valence-corrected chi connectivity index (χ2v) is 8.66. The van der Waals surface area contributed by atoms with Crippen molar-refractivity contribution in [1.82, 2.24) is 4.90 Å². The first kappa shape index (κ1) is 20.6. The van der Waals surface area contributed by atoms with Gasteiger partial charge in [0.15, 0.2) is 0 Å². The largest absolute Gasteiger partial charge is 0.478 e. The molecule has 0 amide bonds. The van der Waals surface area contributed by atoms with E-state index in [4.69, 9.17) is 9.47 Å². The van der Waals surface area contributed by atoms with E-state index in [-0.39, 0.29) is 0 Å². The maximum absolute atomic E-state index is 12.0. The fraction of sp³-hybridized carbons (Fsp3) is 0.696. The molecule has 4 rings (SSSR count). The molecule has 6 heteroatoms. The van der Waals surface area contributed by atoms with Crippen LogP contribution < -0.4 is 4.90 Å². The quantitative estimate of drug-likeness (QED) is 0.756. The molecule has 1 aromatic carbocycles. The van der Waals surface area contributed by atoms with Crippen molar-refractivity contribution in [3.05, 3.63) is 28.8 Å². The van der Waals surface area contributed by atoms with Gasteiger partial charge < -0.3 is 19.5 Å². The van der Waals surface area contributed by atoms with Gasteiger partial charge in [-0.05, 0) is 68.2 Å². The van der Waals surface area contributed by atoms with Gasteiger partial charge >= 0.3 is 5.97 Å². The Bertz CT molecular complexity index is 726. The summed E-state index contributed by atoms with van der Waals surface area (Å²) in [6.07, 6.45) is 3.16. The highest BCUT2D eigenvalue weighted by atomic mass is 16.5. The number of carboxylic acids is 1. The number of ether oxygens (including phenoxy) is 2. The van der Waals surface area contributed by atoms with E-state index in [1.807, 2.05) is 13.0 Å². The van der Waals surface area contributed by atoms with Crippen LogP contribution in [0.5, 0.6) is 0 Å². The van der Waals surface area contributed by atoms with Gasteiger partial charge in [-0.1, -0.05) is 0 Å². The van der Waals surface area contributed by atoms with Crippen LogP contribution in [0, 0.1) is 12.8 Å². The minimum absolute atomic E-state index is 0.424. The van der Waals surface area contributed by atoms with Gasteiger partial charge in [0.2, 0.25) is 0 Å². The Morgan fingerprint density at radius 1 is 1.17 bits per heavy atom. The molecule has 0 spiro atoms. The molecule has 1 aliphatic carbocycles. The highest BCUT2D eigenvalue weighted by Crippen LogP contribution is 2.49. The third kappa shape index (κ3) is 4.60. The summed E-state index contributed by atoms with van der Waals surface area (Å²) in [7, 11) is 0. The number of carboxylic acid groups (broad SMARTS) is 1. The summed E-state index contributed by atoms with van der Waals surface area (Å²) in [4.78, 5) is 16.9. The van der Waals surface area contributed by atoms with Gasteiger partial charge in [-0.3, -0.25) is 4.90 Å². The van der Waals surface area contributed by atoms with Crippen LogP contribution in [0.3, 0.4) is 0 Å². The molecule has 1 saturated carbocycles. The maximum Gasteiger partial charge on any atom is 0.336 e. The van der Waals surface area contributed by atoms with Crippen molar-refractivity contribution in [2.45, 2.75) is 45.1 Å². The van der Waals surface area contributed by atoms with Crippen molar-refractivity contribution < 1.29 is 19.4 Å². The van der Waals surface area contributed by atoms with Crippen LogP contribution in [0.15, 0.2) is 12.1 Å². The molecule has 1 aromatic rings. The molecule has 2 heterocycles. The smallest absolute Gasteiger partial charge is 0.336 e. The van der Waals surface area contributed by atoms with Crippen LogP contribution in [-0.2, 0) is 9.47 Å². The number of morpholine rings is 1. The molecule has 29 heavy (non-hydrogen) atoms. The Kier molecular flexibility index (Phi) is 6.42. The summed E-state index contributed by atoms with van der Waals surface area (Å²) < 4.78 is 11.0. The summed E-state index contributed by atoms with van der Waals surface area (Å²) in [5.41, 5.74) is 3.65. The van der Waals surface area contributed by atoms with Gasteiger partial charge in [-0.25, -0.2) is 4.79 Å². The third-order valence-corrected chi connectivity index (χ3v) is 6.86. The van der Waals surface area contributed by atoms with Gasteiger partial charge in [0.05, 0.1) is 18.8 Å². The van der Waals surface area contributed by atoms with E-state index in [0.29, 0.717) is 23.4 Å². The highest BCUT2D eigenvalue weighted by molar-refractivity contribution is 5.92. The summed E-state index contributed by atoms with van der Waals surface area (Å²) in [6, 6.07) is 4.64. The van der Waals surface area contributed by atoms with Crippen molar-refractivity contribution in [2.24, 2.45) is 5.92 Å². The average Bonchev–Trinajstić information content (AvgIpc) is 3.50. The van der Waals surface area contributed by atoms with Crippen molar-refractivity contribution >= 4 is 11.7 Å². The van der Waals surface area contributed by atoms with Gasteiger partial charge in [0, 0.05) is 51.1 Å². The molecule has 2 atom stereocenters. The van der Waals surface area contributed by atoms with Crippen LogP contribution >= 0.6 is 0 Å². The molecule has 2 aliphatic heterocycles. The lowest BCUT2D eigenvalue weighted by molar-refractivity contribution is 0.0355. The first-order valence-electron chi connectivity index (χ1n) is 11.1. The van der Waals surface area contributed by atoms with E-state index in [2.05, 4.69) is 22.8 Å². The maximum atomic E-state index is 12.0. The van der Waals surface area contributed by atoms with E-state index >= 15 is 0 Å². The Morgan fingerprint density at radius 3 is 2.52 bits per heavy atom. The summed E-state index contributed by atoms with van der Waals surface area (Å²) in [5.74, 6) is 0.283. The zero-order valence-electron chi connectivity index (χ0n) is 17.7. The van der Waals surface area contributed by atoms with Crippen LogP contribution in [0.25, 0.3) is 0 Å². The summed E-state index contributed by atoms with van der Waals surface area (Å²) in [6.45, 7) is 11.4. The second kappa shape index (κ2) is 9.02. The number of hydrogen-bond donors (Lipinski definition) is 1. The lowest BCUT2D eigenvalue weighted by atomic mass is 9.96.